The van der Waals surface area contributed by atoms with Crippen molar-refractivity contribution in [2.75, 3.05) is 50.2 Å². The summed E-state index contributed by atoms with van der Waals surface area (Å²) < 4.78 is 25.0. The topological polar surface area (TPSA) is 91.4 Å². The van der Waals surface area contributed by atoms with Crippen molar-refractivity contribution in [1.29, 1.82) is 0 Å². The van der Waals surface area contributed by atoms with Crippen molar-refractivity contribution < 1.29 is 28.2 Å². The Morgan fingerprint density at radius 3 is 2.32 bits per heavy atom. The largest absolute Gasteiger partial charge is 0.454 e. The summed E-state index contributed by atoms with van der Waals surface area (Å²) in [6, 6.07) is 25.8. The molecule has 2 aliphatic rings. The van der Waals surface area contributed by atoms with Crippen LogP contribution in [0.15, 0.2) is 91.0 Å². The molecule has 0 saturated carbocycles. The molecule has 0 bridgehead atoms. The van der Waals surface area contributed by atoms with E-state index in [-0.39, 0.29) is 30.1 Å². The van der Waals surface area contributed by atoms with E-state index in [4.69, 9.17) is 9.47 Å². The Hall–Kier alpha value is -5.38. The summed E-state index contributed by atoms with van der Waals surface area (Å²) in [5.74, 6) is -0.397. The second-order valence-corrected chi connectivity index (χ2v) is 10.7. The molecule has 224 valence electrons. The molecule has 0 spiro atoms. The zero-order valence-corrected chi connectivity index (χ0v) is 24.2. The van der Waals surface area contributed by atoms with E-state index < -0.39 is 5.82 Å². The molecule has 2 heterocycles. The Morgan fingerprint density at radius 1 is 0.818 bits per heavy atom. The number of ether oxygens (including phenoxy) is 2. The highest BCUT2D eigenvalue weighted by Gasteiger charge is 2.27. The summed E-state index contributed by atoms with van der Waals surface area (Å²) in [5.41, 5.74) is 2.98. The van der Waals surface area contributed by atoms with Gasteiger partial charge in [0.2, 0.25) is 6.79 Å². The van der Waals surface area contributed by atoms with Crippen LogP contribution in [0.2, 0.25) is 0 Å². The zero-order valence-electron chi connectivity index (χ0n) is 24.2. The Labute approximate surface area is 254 Å². The molecule has 1 fully saturated rings. The van der Waals surface area contributed by atoms with Crippen LogP contribution in [0.25, 0.3) is 0 Å². The van der Waals surface area contributed by atoms with Gasteiger partial charge in [0.15, 0.2) is 11.5 Å². The first-order valence-electron chi connectivity index (χ1n) is 14.3. The minimum absolute atomic E-state index is 0.0434. The molecule has 4 aromatic carbocycles. The molecule has 0 unspecified atom stereocenters. The van der Waals surface area contributed by atoms with Crippen LogP contribution in [0.1, 0.15) is 36.6 Å². The molecule has 9 nitrogen and oxygen atoms in total. The SMILES string of the molecule is CN(Cc1ccccc1)C(=O)c1cc(NC(=O)c2ccc3c(c2)OCO3)ccc1N1CCN(C(=O)c2ccccc2F)CC1. The standard InChI is InChI=1S/C34H31FN4O5/c1-37(21-23-7-3-2-4-8-23)33(41)27-20-25(36-32(40)24-11-14-30-31(19-24)44-22-43-30)12-13-29(27)38-15-17-39(18-16-38)34(42)26-9-5-6-10-28(26)35/h2-14,19-20H,15-18,21-22H2,1H3,(H,36,40). The van der Waals surface area contributed by atoms with Gasteiger partial charge < -0.3 is 29.5 Å². The average molecular weight is 595 g/mol. The van der Waals surface area contributed by atoms with E-state index in [0.29, 0.717) is 66.7 Å². The Bertz CT molecular complexity index is 1710. The summed E-state index contributed by atoms with van der Waals surface area (Å²) in [4.78, 5) is 45.3. The van der Waals surface area contributed by atoms with Gasteiger partial charge in [-0.15, -0.1) is 0 Å². The molecule has 44 heavy (non-hydrogen) atoms. The van der Waals surface area contributed by atoms with Gasteiger partial charge in [-0.1, -0.05) is 42.5 Å². The lowest BCUT2D eigenvalue weighted by Crippen LogP contribution is -2.49. The first kappa shape index (κ1) is 28.7. The van der Waals surface area contributed by atoms with Crippen molar-refractivity contribution in [1.82, 2.24) is 9.80 Å². The highest BCUT2D eigenvalue weighted by Crippen LogP contribution is 2.33. The maximum atomic E-state index is 14.3. The van der Waals surface area contributed by atoms with Crippen LogP contribution in [0.5, 0.6) is 11.5 Å². The van der Waals surface area contributed by atoms with Gasteiger partial charge in [0.05, 0.1) is 11.1 Å². The number of halogens is 1. The lowest BCUT2D eigenvalue weighted by molar-refractivity contribution is 0.0738. The second-order valence-electron chi connectivity index (χ2n) is 10.7. The van der Waals surface area contributed by atoms with Gasteiger partial charge in [0.25, 0.3) is 17.7 Å². The van der Waals surface area contributed by atoms with E-state index in [1.165, 1.54) is 12.1 Å². The molecule has 0 radical (unpaired) electrons. The van der Waals surface area contributed by atoms with Crippen LogP contribution < -0.4 is 19.7 Å². The van der Waals surface area contributed by atoms with E-state index in [9.17, 15) is 18.8 Å². The molecule has 1 N–H and O–H groups in total. The number of nitrogens with zero attached hydrogens (tertiary/aromatic N) is 3. The summed E-state index contributed by atoms with van der Waals surface area (Å²) in [6.07, 6.45) is 0. The van der Waals surface area contributed by atoms with Gasteiger partial charge in [0, 0.05) is 56.7 Å². The molecule has 1 saturated heterocycles. The molecule has 10 heteroatoms. The molecule has 3 amide bonds. The smallest absolute Gasteiger partial charge is 0.256 e. The number of rotatable bonds is 7. The van der Waals surface area contributed by atoms with Crippen molar-refractivity contribution in [2.45, 2.75) is 6.54 Å². The van der Waals surface area contributed by atoms with Gasteiger partial charge in [-0.2, -0.15) is 0 Å². The van der Waals surface area contributed by atoms with Gasteiger partial charge in [-0.3, -0.25) is 14.4 Å². The van der Waals surface area contributed by atoms with Crippen molar-refractivity contribution in [3.63, 3.8) is 0 Å². The fourth-order valence-corrected chi connectivity index (χ4v) is 5.39. The van der Waals surface area contributed by atoms with E-state index in [1.807, 2.05) is 41.3 Å². The van der Waals surface area contributed by atoms with Gasteiger partial charge >= 0.3 is 0 Å². The quantitative estimate of drug-likeness (QED) is 0.323. The summed E-state index contributed by atoms with van der Waals surface area (Å²) >= 11 is 0. The highest BCUT2D eigenvalue weighted by molar-refractivity contribution is 6.06. The first-order chi connectivity index (χ1) is 21.4. The average Bonchev–Trinajstić information content (AvgIpc) is 3.53. The van der Waals surface area contributed by atoms with Gasteiger partial charge in [-0.25, -0.2) is 4.39 Å². The molecule has 0 aromatic heterocycles. The number of nitrogens with one attached hydrogen (secondary N) is 1. The lowest BCUT2D eigenvalue weighted by atomic mass is 10.1. The number of amides is 3. The third kappa shape index (κ3) is 6.05. The number of hydrogen-bond acceptors (Lipinski definition) is 6. The number of benzene rings is 4. The fourth-order valence-electron chi connectivity index (χ4n) is 5.39. The van der Waals surface area contributed by atoms with Crippen LogP contribution in [-0.4, -0.2) is 67.5 Å². The monoisotopic (exact) mass is 594 g/mol. The molecule has 4 aromatic rings. The molecule has 6 rings (SSSR count). The summed E-state index contributed by atoms with van der Waals surface area (Å²) in [6.45, 7) is 2.14. The zero-order chi connectivity index (χ0) is 30.6. The third-order valence-electron chi connectivity index (χ3n) is 7.74. The molecular formula is C34H31FN4O5. The first-order valence-corrected chi connectivity index (χ1v) is 14.3. The highest BCUT2D eigenvalue weighted by atomic mass is 19.1. The van der Waals surface area contributed by atoms with Gasteiger partial charge in [0.1, 0.15) is 5.82 Å². The van der Waals surface area contributed by atoms with Crippen molar-refractivity contribution in [3.8, 4) is 11.5 Å². The van der Waals surface area contributed by atoms with Crippen molar-refractivity contribution >= 4 is 29.1 Å². The molecule has 0 atom stereocenters. The lowest BCUT2D eigenvalue weighted by Gasteiger charge is -2.37. The van der Waals surface area contributed by atoms with E-state index in [1.54, 1.807) is 59.3 Å². The van der Waals surface area contributed by atoms with E-state index >= 15 is 0 Å². The molecular weight excluding hydrogens is 563 g/mol. The third-order valence-corrected chi connectivity index (χ3v) is 7.74. The minimum Gasteiger partial charge on any atom is -0.454 e. The number of fused-ring (bicyclic) bond motifs is 1. The Morgan fingerprint density at radius 2 is 1.55 bits per heavy atom. The Balaban J connectivity index is 1.23. The number of carbonyl (C=O) groups is 3. The van der Waals surface area contributed by atoms with Crippen molar-refractivity contribution in [3.05, 3.63) is 119 Å². The minimum atomic E-state index is -0.548. The van der Waals surface area contributed by atoms with E-state index in [0.717, 1.165) is 5.56 Å². The van der Waals surface area contributed by atoms with E-state index in [2.05, 4.69) is 5.32 Å². The predicted molar refractivity (Wildman–Crippen MR) is 164 cm³/mol. The fraction of sp³-hybridized carbons (Fsp3) is 0.206. The van der Waals surface area contributed by atoms with Crippen LogP contribution in [-0.2, 0) is 6.54 Å². The van der Waals surface area contributed by atoms with Crippen LogP contribution >= 0.6 is 0 Å². The number of carbonyl (C=O) groups excluding carboxylic acids is 3. The number of hydrogen-bond donors (Lipinski definition) is 1. The predicted octanol–water partition coefficient (Wildman–Crippen LogP) is 5.04. The van der Waals surface area contributed by atoms with Gasteiger partial charge in [-0.05, 0) is 54.1 Å². The maximum Gasteiger partial charge on any atom is 0.256 e. The molecule has 2 aliphatic heterocycles. The van der Waals surface area contributed by atoms with Crippen LogP contribution in [0.4, 0.5) is 15.8 Å². The normalized spacial score (nSPS) is 13.9. The van der Waals surface area contributed by atoms with Crippen LogP contribution in [0.3, 0.4) is 0 Å². The van der Waals surface area contributed by atoms with Crippen LogP contribution in [0, 0.1) is 5.82 Å². The molecule has 0 aliphatic carbocycles. The maximum absolute atomic E-state index is 14.3. The number of anilines is 2. The summed E-state index contributed by atoms with van der Waals surface area (Å²) in [5, 5.41) is 2.90. The summed E-state index contributed by atoms with van der Waals surface area (Å²) in [7, 11) is 1.74. The second kappa shape index (κ2) is 12.5. The Kier molecular flexibility index (Phi) is 8.14. The van der Waals surface area contributed by atoms with Crippen molar-refractivity contribution in [2.24, 2.45) is 0 Å². The number of piperazine rings is 1.